The molecule has 0 unspecified atom stereocenters. The molecule has 2 aromatic rings. The van der Waals surface area contributed by atoms with Gasteiger partial charge in [0.25, 0.3) is 0 Å². The van der Waals surface area contributed by atoms with Gasteiger partial charge in [0.1, 0.15) is 6.04 Å². The largest absolute Gasteiger partial charge is 0.352 e. The highest BCUT2D eigenvalue weighted by atomic mass is 35.5. The molecule has 7 nitrogen and oxygen atoms in total. The molecule has 0 saturated carbocycles. The van der Waals surface area contributed by atoms with Gasteiger partial charge in [-0.1, -0.05) is 48.3 Å². The summed E-state index contributed by atoms with van der Waals surface area (Å²) in [6.45, 7) is 5.87. The van der Waals surface area contributed by atoms with Gasteiger partial charge in [0.15, 0.2) is 0 Å². The molecule has 10 heteroatoms. The van der Waals surface area contributed by atoms with Crippen LogP contribution in [0.3, 0.4) is 0 Å². The number of sulfonamides is 1. The van der Waals surface area contributed by atoms with Crippen LogP contribution in [0.4, 0.5) is 5.69 Å². The molecule has 0 heterocycles. The zero-order valence-electron chi connectivity index (χ0n) is 20.5. The predicted octanol–water partition coefficient (Wildman–Crippen LogP) is 4.87. The fraction of sp³-hybridized carbons (Fsp3) is 0.440. The third-order valence-electron chi connectivity index (χ3n) is 5.66. The number of hydrogen-bond donors (Lipinski definition) is 1. The van der Waals surface area contributed by atoms with Crippen molar-refractivity contribution in [3.8, 4) is 0 Å². The fourth-order valence-electron chi connectivity index (χ4n) is 3.52. The van der Waals surface area contributed by atoms with Crippen molar-refractivity contribution in [2.75, 3.05) is 17.1 Å². The second-order valence-electron chi connectivity index (χ2n) is 8.56. The van der Waals surface area contributed by atoms with Crippen LogP contribution in [0, 0.1) is 0 Å². The molecule has 192 valence electrons. The molecule has 2 amide bonds. The molecule has 1 N–H and O–H groups in total. The van der Waals surface area contributed by atoms with Crippen LogP contribution >= 0.6 is 23.2 Å². The zero-order chi connectivity index (χ0) is 26.2. The third kappa shape index (κ3) is 9.02. The second kappa shape index (κ2) is 13.1. The van der Waals surface area contributed by atoms with E-state index in [0.29, 0.717) is 15.7 Å². The first kappa shape index (κ1) is 28.9. The fourth-order valence-corrected chi connectivity index (χ4v) is 4.87. The Labute approximate surface area is 218 Å². The number of carbonyl (C=O) groups excluding carboxylic acids is 2. The molecule has 0 aromatic heterocycles. The minimum absolute atomic E-state index is 0.0194. The maximum atomic E-state index is 13.3. The number of carbonyl (C=O) groups is 2. The van der Waals surface area contributed by atoms with Gasteiger partial charge in [-0.2, -0.15) is 0 Å². The summed E-state index contributed by atoms with van der Waals surface area (Å²) in [7, 11) is -3.58. The Morgan fingerprint density at radius 2 is 1.66 bits per heavy atom. The van der Waals surface area contributed by atoms with Crippen LogP contribution in [0.15, 0.2) is 48.5 Å². The van der Waals surface area contributed by atoms with Crippen molar-refractivity contribution in [2.24, 2.45) is 0 Å². The predicted molar refractivity (Wildman–Crippen MR) is 142 cm³/mol. The molecule has 0 spiro atoms. The summed E-state index contributed by atoms with van der Waals surface area (Å²) >= 11 is 12.1. The van der Waals surface area contributed by atoms with Crippen LogP contribution in [0.5, 0.6) is 0 Å². The summed E-state index contributed by atoms with van der Waals surface area (Å²) in [6.07, 6.45) is 2.21. The molecule has 0 saturated heterocycles. The van der Waals surface area contributed by atoms with Crippen molar-refractivity contribution >= 4 is 50.7 Å². The van der Waals surface area contributed by atoms with Crippen molar-refractivity contribution in [3.05, 3.63) is 64.1 Å². The van der Waals surface area contributed by atoms with Gasteiger partial charge in [0.05, 0.1) is 11.9 Å². The van der Waals surface area contributed by atoms with Gasteiger partial charge in [0.2, 0.25) is 21.8 Å². The van der Waals surface area contributed by atoms with E-state index in [2.05, 4.69) is 5.32 Å². The Kier molecular flexibility index (Phi) is 10.9. The van der Waals surface area contributed by atoms with Crippen molar-refractivity contribution in [3.63, 3.8) is 0 Å². The van der Waals surface area contributed by atoms with E-state index >= 15 is 0 Å². The smallest absolute Gasteiger partial charge is 0.242 e. The lowest BCUT2D eigenvalue weighted by molar-refractivity contribution is -0.140. The van der Waals surface area contributed by atoms with Crippen LogP contribution in [-0.4, -0.2) is 50.0 Å². The number of anilines is 1. The van der Waals surface area contributed by atoms with E-state index in [1.165, 1.54) is 9.21 Å². The molecule has 0 aliphatic rings. The molecular weight excluding hydrogens is 509 g/mol. The van der Waals surface area contributed by atoms with Gasteiger partial charge in [-0.05, 0) is 62.6 Å². The number of hydrogen-bond acceptors (Lipinski definition) is 4. The summed E-state index contributed by atoms with van der Waals surface area (Å²) in [4.78, 5) is 27.6. The number of halogens is 2. The Hall–Kier alpha value is -2.29. The van der Waals surface area contributed by atoms with Crippen molar-refractivity contribution in [1.29, 1.82) is 0 Å². The van der Waals surface area contributed by atoms with Gasteiger partial charge < -0.3 is 10.2 Å². The quantitative estimate of drug-likeness (QED) is 0.415. The molecule has 35 heavy (non-hydrogen) atoms. The zero-order valence-corrected chi connectivity index (χ0v) is 22.8. The standard InChI is InChI=1S/C25H33Cl2N3O4S/c1-5-18(2)28-25(32)19(3)29(17-20-9-6-10-21(26)15-20)24(31)13-8-14-30(35(4,33)34)23-12-7-11-22(27)16-23/h6-7,9-12,15-16,18-19H,5,8,13-14,17H2,1-4H3,(H,28,32)/t18-,19-/m0/s1. The highest BCUT2D eigenvalue weighted by Crippen LogP contribution is 2.23. The van der Waals surface area contributed by atoms with E-state index in [4.69, 9.17) is 23.2 Å². The van der Waals surface area contributed by atoms with Crippen LogP contribution in [0.1, 0.15) is 45.6 Å². The Balaban J connectivity index is 2.17. The molecule has 0 fully saturated rings. The first-order valence-corrected chi connectivity index (χ1v) is 14.1. The summed E-state index contributed by atoms with van der Waals surface area (Å²) in [5.41, 5.74) is 1.23. The highest BCUT2D eigenvalue weighted by Gasteiger charge is 2.27. The summed E-state index contributed by atoms with van der Waals surface area (Å²) in [5.74, 6) is -0.497. The number of amides is 2. The minimum atomic E-state index is -3.58. The van der Waals surface area contributed by atoms with Crippen LogP contribution in [-0.2, 0) is 26.2 Å². The number of benzene rings is 2. The lowest BCUT2D eigenvalue weighted by atomic mass is 10.1. The molecule has 0 bridgehead atoms. The normalized spacial score (nSPS) is 13.1. The summed E-state index contributed by atoms with van der Waals surface area (Å²) in [5, 5.41) is 3.88. The molecule has 2 rings (SSSR count). The van der Waals surface area contributed by atoms with Gasteiger partial charge in [-0.15, -0.1) is 0 Å². The topological polar surface area (TPSA) is 86.8 Å². The summed E-state index contributed by atoms with van der Waals surface area (Å²) in [6, 6.07) is 13.0. The van der Waals surface area contributed by atoms with Crippen molar-refractivity contribution in [1.82, 2.24) is 10.2 Å². The molecular formula is C25H33Cl2N3O4S. The average Bonchev–Trinajstić information content (AvgIpc) is 2.78. The molecule has 0 radical (unpaired) electrons. The molecule has 2 aromatic carbocycles. The Morgan fingerprint density at radius 1 is 1.03 bits per heavy atom. The first-order valence-electron chi connectivity index (χ1n) is 11.5. The van der Waals surface area contributed by atoms with E-state index in [1.807, 2.05) is 19.9 Å². The lowest BCUT2D eigenvalue weighted by Gasteiger charge is -2.30. The number of nitrogens with one attached hydrogen (secondary N) is 1. The van der Waals surface area contributed by atoms with Gasteiger partial charge in [-0.3, -0.25) is 13.9 Å². The van der Waals surface area contributed by atoms with Crippen molar-refractivity contribution in [2.45, 2.75) is 58.7 Å². The lowest BCUT2D eigenvalue weighted by Crippen LogP contribution is -2.49. The SMILES string of the molecule is CC[C@H](C)NC(=O)[C@H](C)N(Cc1cccc(Cl)c1)C(=O)CCCN(c1cccc(Cl)c1)S(C)(=O)=O. The van der Waals surface area contributed by atoms with E-state index in [1.54, 1.807) is 49.4 Å². The van der Waals surface area contributed by atoms with Crippen LogP contribution < -0.4 is 9.62 Å². The van der Waals surface area contributed by atoms with Crippen LogP contribution in [0.25, 0.3) is 0 Å². The maximum absolute atomic E-state index is 13.3. The van der Waals surface area contributed by atoms with E-state index in [0.717, 1.165) is 18.2 Å². The van der Waals surface area contributed by atoms with E-state index in [-0.39, 0.29) is 43.8 Å². The maximum Gasteiger partial charge on any atom is 0.242 e. The second-order valence-corrected chi connectivity index (χ2v) is 11.3. The molecule has 2 atom stereocenters. The Morgan fingerprint density at radius 3 is 2.23 bits per heavy atom. The third-order valence-corrected chi connectivity index (χ3v) is 7.32. The molecule has 0 aliphatic carbocycles. The highest BCUT2D eigenvalue weighted by molar-refractivity contribution is 7.92. The summed E-state index contributed by atoms with van der Waals surface area (Å²) < 4.78 is 26.0. The molecule has 0 aliphatic heterocycles. The number of nitrogens with zero attached hydrogens (tertiary/aromatic N) is 2. The first-order chi connectivity index (χ1) is 16.4. The van der Waals surface area contributed by atoms with E-state index in [9.17, 15) is 18.0 Å². The van der Waals surface area contributed by atoms with Gasteiger partial charge in [-0.25, -0.2) is 8.42 Å². The van der Waals surface area contributed by atoms with E-state index < -0.39 is 16.1 Å². The van der Waals surface area contributed by atoms with Crippen molar-refractivity contribution < 1.29 is 18.0 Å². The van der Waals surface area contributed by atoms with Gasteiger partial charge >= 0.3 is 0 Å². The van der Waals surface area contributed by atoms with Crippen LogP contribution in [0.2, 0.25) is 10.0 Å². The number of rotatable bonds is 12. The van der Waals surface area contributed by atoms with Gasteiger partial charge in [0, 0.05) is 35.6 Å². The average molecular weight is 543 g/mol. The minimum Gasteiger partial charge on any atom is -0.352 e. The Bertz CT molecular complexity index is 1130. The monoisotopic (exact) mass is 541 g/mol.